The summed E-state index contributed by atoms with van der Waals surface area (Å²) >= 11 is 6.04. The number of amides is 2. The molecule has 0 atom stereocenters. The molecular formula is C19H25ClN2O2. The Kier molecular flexibility index (Phi) is 5.44. The maximum Gasteiger partial charge on any atom is 0.226 e. The molecule has 0 spiro atoms. The molecule has 2 amide bonds. The summed E-state index contributed by atoms with van der Waals surface area (Å²) in [5.74, 6) is 0.808. The predicted octanol–water partition coefficient (Wildman–Crippen LogP) is 3.34. The van der Waals surface area contributed by atoms with E-state index in [9.17, 15) is 9.59 Å². The predicted molar refractivity (Wildman–Crippen MR) is 94.6 cm³/mol. The van der Waals surface area contributed by atoms with E-state index in [-0.39, 0.29) is 17.7 Å². The van der Waals surface area contributed by atoms with Crippen molar-refractivity contribution in [1.29, 1.82) is 0 Å². The largest absolute Gasteiger partial charge is 0.342 e. The number of carbonyl (C=O) groups excluding carboxylic acids is 2. The number of rotatable bonds is 5. The summed E-state index contributed by atoms with van der Waals surface area (Å²) < 4.78 is 0. The van der Waals surface area contributed by atoms with Gasteiger partial charge in [-0.3, -0.25) is 9.59 Å². The molecule has 1 saturated carbocycles. The lowest BCUT2D eigenvalue weighted by Crippen LogP contribution is -2.44. The van der Waals surface area contributed by atoms with Crippen LogP contribution in [-0.2, 0) is 16.1 Å². The molecule has 1 aromatic rings. The van der Waals surface area contributed by atoms with Gasteiger partial charge in [0.05, 0.1) is 0 Å². The Morgan fingerprint density at radius 1 is 1.17 bits per heavy atom. The van der Waals surface area contributed by atoms with Gasteiger partial charge in [0.2, 0.25) is 11.8 Å². The minimum atomic E-state index is 0.0346. The molecule has 1 aromatic carbocycles. The zero-order valence-electron chi connectivity index (χ0n) is 14.2. The second-order valence-electron chi connectivity index (χ2n) is 6.86. The second-order valence-corrected chi connectivity index (χ2v) is 7.29. The van der Waals surface area contributed by atoms with E-state index in [0.717, 1.165) is 44.3 Å². The van der Waals surface area contributed by atoms with Crippen molar-refractivity contribution in [3.05, 3.63) is 34.9 Å². The van der Waals surface area contributed by atoms with E-state index in [1.165, 1.54) is 0 Å². The van der Waals surface area contributed by atoms with Gasteiger partial charge in [-0.2, -0.15) is 0 Å². The molecule has 1 aliphatic carbocycles. The zero-order valence-corrected chi connectivity index (χ0v) is 15.0. The minimum absolute atomic E-state index is 0.0346. The fourth-order valence-electron chi connectivity index (χ4n) is 3.39. The highest BCUT2D eigenvalue weighted by molar-refractivity contribution is 6.30. The second kappa shape index (κ2) is 7.56. The molecule has 0 aromatic heterocycles. The first-order valence-corrected chi connectivity index (χ1v) is 9.28. The highest BCUT2D eigenvalue weighted by Gasteiger charge is 2.36. The van der Waals surface area contributed by atoms with Gasteiger partial charge in [-0.1, -0.05) is 23.7 Å². The van der Waals surface area contributed by atoms with Crippen LogP contribution in [0.25, 0.3) is 0 Å². The standard InChI is InChI=1S/C19H25ClN2O2/c1-2-21(13-14-4-3-5-17(20)12-14)18(23)16-8-10-22(11-9-16)19(24)15-6-7-15/h3-5,12,15-16H,2,6-11,13H2,1H3. The maximum absolute atomic E-state index is 12.8. The average Bonchev–Trinajstić information content (AvgIpc) is 3.44. The number of hydrogen-bond donors (Lipinski definition) is 0. The zero-order chi connectivity index (χ0) is 17.1. The fourth-order valence-corrected chi connectivity index (χ4v) is 3.61. The Morgan fingerprint density at radius 2 is 1.88 bits per heavy atom. The van der Waals surface area contributed by atoms with Gasteiger partial charge in [-0.25, -0.2) is 0 Å². The lowest BCUT2D eigenvalue weighted by atomic mass is 9.94. The Bertz CT molecular complexity index is 607. The summed E-state index contributed by atoms with van der Waals surface area (Å²) in [7, 11) is 0. The molecule has 0 unspecified atom stereocenters. The monoisotopic (exact) mass is 348 g/mol. The molecular weight excluding hydrogens is 324 g/mol. The van der Waals surface area contributed by atoms with Gasteiger partial charge >= 0.3 is 0 Å². The van der Waals surface area contributed by atoms with E-state index in [4.69, 9.17) is 11.6 Å². The molecule has 4 nitrogen and oxygen atoms in total. The highest BCUT2D eigenvalue weighted by Crippen LogP contribution is 2.32. The first-order valence-electron chi connectivity index (χ1n) is 8.90. The van der Waals surface area contributed by atoms with Crippen molar-refractivity contribution in [2.24, 2.45) is 11.8 Å². The molecule has 1 aliphatic heterocycles. The molecule has 0 bridgehead atoms. The van der Waals surface area contributed by atoms with E-state index in [1.807, 2.05) is 41.0 Å². The third-order valence-electron chi connectivity index (χ3n) is 5.04. The summed E-state index contributed by atoms with van der Waals surface area (Å²) in [4.78, 5) is 28.8. The number of nitrogens with zero attached hydrogens (tertiary/aromatic N) is 2. The maximum atomic E-state index is 12.8. The van der Waals surface area contributed by atoms with Gasteiger partial charge in [0.25, 0.3) is 0 Å². The highest BCUT2D eigenvalue weighted by atomic mass is 35.5. The lowest BCUT2D eigenvalue weighted by Gasteiger charge is -2.34. The summed E-state index contributed by atoms with van der Waals surface area (Å²) in [6.07, 6.45) is 3.65. The Balaban J connectivity index is 1.55. The summed E-state index contributed by atoms with van der Waals surface area (Å²) in [5, 5.41) is 0.697. The number of carbonyl (C=O) groups is 2. The Morgan fingerprint density at radius 3 is 2.46 bits per heavy atom. The summed E-state index contributed by atoms with van der Waals surface area (Å²) in [6, 6.07) is 7.67. The van der Waals surface area contributed by atoms with Gasteiger partial charge < -0.3 is 9.80 Å². The fraction of sp³-hybridized carbons (Fsp3) is 0.579. The third kappa shape index (κ3) is 4.10. The van der Waals surface area contributed by atoms with E-state index in [0.29, 0.717) is 24.0 Å². The van der Waals surface area contributed by atoms with E-state index in [1.54, 1.807) is 0 Å². The number of benzene rings is 1. The van der Waals surface area contributed by atoms with Gasteiger partial charge in [0, 0.05) is 43.0 Å². The molecule has 1 heterocycles. The van der Waals surface area contributed by atoms with Crippen LogP contribution >= 0.6 is 11.6 Å². The van der Waals surface area contributed by atoms with E-state index >= 15 is 0 Å². The average molecular weight is 349 g/mol. The molecule has 0 radical (unpaired) electrons. The first-order chi connectivity index (χ1) is 11.6. The van der Waals surface area contributed by atoms with E-state index in [2.05, 4.69) is 0 Å². The lowest BCUT2D eigenvalue weighted by molar-refractivity contribution is -0.141. The van der Waals surface area contributed by atoms with Crippen molar-refractivity contribution in [2.45, 2.75) is 39.2 Å². The molecule has 130 valence electrons. The third-order valence-corrected chi connectivity index (χ3v) is 5.27. The van der Waals surface area contributed by atoms with Gasteiger partial charge in [0.15, 0.2) is 0 Å². The van der Waals surface area contributed by atoms with Crippen molar-refractivity contribution in [3.63, 3.8) is 0 Å². The van der Waals surface area contributed by atoms with Crippen molar-refractivity contribution in [2.75, 3.05) is 19.6 Å². The summed E-state index contributed by atoms with van der Waals surface area (Å²) in [5.41, 5.74) is 1.05. The smallest absolute Gasteiger partial charge is 0.226 e. The van der Waals surface area contributed by atoms with Crippen LogP contribution in [0.3, 0.4) is 0 Å². The normalized spacial score (nSPS) is 18.5. The van der Waals surface area contributed by atoms with Gasteiger partial charge in [-0.05, 0) is 50.3 Å². The number of hydrogen-bond acceptors (Lipinski definition) is 2. The van der Waals surface area contributed by atoms with E-state index < -0.39 is 0 Å². The van der Waals surface area contributed by atoms with Crippen molar-refractivity contribution < 1.29 is 9.59 Å². The van der Waals surface area contributed by atoms with Crippen LogP contribution < -0.4 is 0 Å². The minimum Gasteiger partial charge on any atom is -0.342 e. The topological polar surface area (TPSA) is 40.6 Å². The molecule has 2 fully saturated rings. The summed E-state index contributed by atoms with van der Waals surface area (Å²) in [6.45, 7) is 4.73. The molecule has 3 rings (SSSR count). The van der Waals surface area contributed by atoms with Crippen LogP contribution in [0.4, 0.5) is 0 Å². The van der Waals surface area contributed by atoms with Crippen LogP contribution in [0.2, 0.25) is 5.02 Å². The SMILES string of the molecule is CCN(Cc1cccc(Cl)c1)C(=O)C1CCN(C(=O)C2CC2)CC1. The van der Waals surface area contributed by atoms with Crippen LogP contribution in [0, 0.1) is 11.8 Å². The van der Waals surface area contributed by atoms with Crippen molar-refractivity contribution in [3.8, 4) is 0 Å². The van der Waals surface area contributed by atoms with Gasteiger partial charge in [0.1, 0.15) is 0 Å². The van der Waals surface area contributed by atoms with Crippen LogP contribution in [0.15, 0.2) is 24.3 Å². The first kappa shape index (κ1) is 17.3. The molecule has 0 N–H and O–H groups in total. The molecule has 2 aliphatic rings. The number of piperidine rings is 1. The number of likely N-dealkylation sites (tertiary alicyclic amines) is 1. The van der Waals surface area contributed by atoms with Crippen LogP contribution in [-0.4, -0.2) is 41.2 Å². The molecule has 5 heteroatoms. The molecule has 24 heavy (non-hydrogen) atoms. The van der Waals surface area contributed by atoms with Crippen LogP contribution in [0.5, 0.6) is 0 Å². The van der Waals surface area contributed by atoms with Crippen molar-refractivity contribution in [1.82, 2.24) is 9.80 Å². The number of halogens is 1. The quantitative estimate of drug-likeness (QED) is 0.818. The van der Waals surface area contributed by atoms with Crippen molar-refractivity contribution >= 4 is 23.4 Å². The van der Waals surface area contributed by atoms with Gasteiger partial charge in [-0.15, -0.1) is 0 Å². The Labute approximate surface area is 148 Å². The molecule has 1 saturated heterocycles. The van der Waals surface area contributed by atoms with Crippen LogP contribution in [0.1, 0.15) is 38.2 Å². The Hall–Kier alpha value is -1.55.